The molecule has 53 valence electrons. The maximum Gasteiger partial charge on any atom is 0.387 e. The fourth-order valence-corrected chi connectivity index (χ4v) is 0.415. The van der Waals surface area contributed by atoms with Crippen LogP contribution in [0.15, 0.2) is 12.4 Å². The van der Waals surface area contributed by atoms with E-state index in [4.69, 9.17) is 0 Å². The Morgan fingerprint density at radius 2 is 2.00 bits per heavy atom. The number of nitrogens with zero attached hydrogens (tertiary/aromatic N) is 2. The van der Waals surface area contributed by atoms with Gasteiger partial charge in [-0.15, -0.1) is 0 Å². The van der Waals surface area contributed by atoms with Crippen LogP contribution in [0.2, 0.25) is 0 Å². The Kier molecular flexibility index (Phi) is 2.09. The highest BCUT2D eigenvalue weighted by molar-refractivity contribution is 5.09. The molecule has 0 aliphatic carbocycles. The number of aromatic nitrogens is 2. The molecule has 3 nitrogen and oxygen atoms in total. The first kappa shape index (κ1) is 6.85. The molecule has 0 fully saturated rings. The van der Waals surface area contributed by atoms with Crippen molar-refractivity contribution in [2.24, 2.45) is 0 Å². The van der Waals surface area contributed by atoms with Crippen molar-refractivity contribution >= 4 is 0 Å². The largest absolute Gasteiger partial charge is 0.432 e. The highest BCUT2D eigenvalue weighted by atomic mass is 19.3. The van der Waals surface area contributed by atoms with Gasteiger partial charge in [0.05, 0.1) is 12.4 Å². The zero-order valence-electron chi connectivity index (χ0n) is 4.79. The quantitative estimate of drug-likeness (QED) is 0.619. The second-order valence-electron chi connectivity index (χ2n) is 1.40. The lowest BCUT2D eigenvalue weighted by Gasteiger charge is -2.00. The molecular formula is C5H3F2N2O. The number of halogens is 2. The smallest absolute Gasteiger partial charge is 0.387 e. The van der Waals surface area contributed by atoms with Crippen molar-refractivity contribution in [3.8, 4) is 5.75 Å². The van der Waals surface area contributed by atoms with Gasteiger partial charge in [-0.2, -0.15) is 8.78 Å². The molecule has 0 N–H and O–H groups in total. The van der Waals surface area contributed by atoms with E-state index in [1.807, 2.05) is 0 Å². The van der Waals surface area contributed by atoms with Crippen LogP contribution in [0, 0.1) is 6.33 Å². The fraction of sp³-hybridized carbons (Fsp3) is 0.200. The molecule has 1 heterocycles. The molecule has 0 unspecified atom stereocenters. The van der Waals surface area contributed by atoms with E-state index in [0.29, 0.717) is 0 Å². The molecule has 0 saturated heterocycles. The van der Waals surface area contributed by atoms with E-state index in [-0.39, 0.29) is 5.75 Å². The van der Waals surface area contributed by atoms with Gasteiger partial charge in [0.1, 0.15) is 0 Å². The Balaban J connectivity index is 2.59. The van der Waals surface area contributed by atoms with Crippen LogP contribution in [0.4, 0.5) is 8.78 Å². The van der Waals surface area contributed by atoms with E-state index in [9.17, 15) is 8.78 Å². The molecule has 10 heavy (non-hydrogen) atoms. The molecule has 0 aliphatic heterocycles. The minimum atomic E-state index is -2.83. The number of hydrogen-bond donors (Lipinski definition) is 0. The van der Waals surface area contributed by atoms with Gasteiger partial charge in [-0.05, 0) is 0 Å². The molecule has 1 aromatic heterocycles. The fourth-order valence-electron chi connectivity index (χ4n) is 0.415. The SMILES string of the molecule is FC(F)Oc1cn[c]nc1. The van der Waals surface area contributed by atoms with E-state index in [1.54, 1.807) is 0 Å². The third-order valence-corrected chi connectivity index (χ3v) is 0.724. The van der Waals surface area contributed by atoms with Crippen LogP contribution in [0.3, 0.4) is 0 Å². The summed E-state index contributed by atoms with van der Waals surface area (Å²) in [5.41, 5.74) is 0. The lowest BCUT2D eigenvalue weighted by molar-refractivity contribution is -0.0503. The van der Waals surface area contributed by atoms with Gasteiger partial charge in [-0.25, -0.2) is 9.97 Å². The van der Waals surface area contributed by atoms with E-state index in [1.165, 1.54) is 0 Å². The minimum absolute atomic E-state index is 0.0613. The van der Waals surface area contributed by atoms with E-state index < -0.39 is 6.61 Å². The molecule has 0 atom stereocenters. The number of rotatable bonds is 2. The third kappa shape index (κ3) is 1.93. The maximum absolute atomic E-state index is 11.4. The van der Waals surface area contributed by atoms with E-state index >= 15 is 0 Å². The Morgan fingerprint density at radius 3 is 2.50 bits per heavy atom. The zero-order valence-corrected chi connectivity index (χ0v) is 4.79. The second kappa shape index (κ2) is 3.05. The predicted octanol–water partition coefficient (Wildman–Crippen LogP) is 0.878. The standard InChI is InChI=1S/C5H3F2N2O/c6-5(7)10-4-1-8-3-9-2-4/h1-2,5H. The summed E-state index contributed by atoms with van der Waals surface area (Å²) in [5, 5.41) is 0. The molecule has 1 rings (SSSR count). The summed E-state index contributed by atoms with van der Waals surface area (Å²) in [4.78, 5) is 6.69. The summed E-state index contributed by atoms with van der Waals surface area (Å²) >= 11 is 0. The molecule has 0 amide bonds. The van der Waals surface area contributed by atoms with Crippen LogP contribution in [0.5, 0.6) is 5.75 Å². The van der Waals surface area contributed by atoms with Gasteiger partial charge in [0, 0.05) is 0 Å². The summed E-state index contributed by atoms with van der Waals surface area (Å²) in [7, 11) is 0. The summed E-state index contributed by atoms with van der Waals surface area (Å²) in [5.74, 6) is -0.0613. The molecule has 5 heteroatoms. The van der Waals surface area contributed by atoms with Crippen molar-refractivity contribution < 1.29 is 13.5 Å². The highest BCUT2D eigenvalue weighted by Gasteiger charge is 2.02. The van der Waals surface area contributed by atoms with Crippen molar-refractivity contribution in [2.45, 2.75) is 6.61 Å². The number of alkyl halides is 2. The van der Waals surface area contributed by atoms with Gasteiger partial charge in [0.15, 0.2) is 12.1 Å². The van der Waals surface area contributed by atoms with Crippen LogP contribution in [0.25, 0.3) is 0 Å². The predicted molar refractivity (Wildman–Crippen MR) is 27.5 cm³/mol. The van der Waals surface area contributed by atoms with Crippen LogP contribution in [-0.4, -0.2) is 16.6 Å². The Labute approximate surface area is 55.7 Å². The zero-order chi connectivity index (χ0) is 7.40. The average molecular weight is 145 g/mol. The van der Waals surface area contributed by atoms with Gasteiger partial charge in [0.2, 0.25) is 0 Å². The van der Waals surface area contributed by atoms with Gasteiger partial charge in [-0.1, -0.05) is 0 Å². The van der Waals surface area contributed by atoms with Crippen molar-refractivity contribution in [3.05, 3.63) is 18.7 Å². The molecule has 0 bridgehead atoms. The van der Waals surface area contributed by atoms with Crippen molar-refractivity contribution in [1.82, 2.24) is 9.97 Å². The lowest BCUT2D eigenvalue weighted by Crippen LogP contribution is -2.02. The average Bonchev–Trinajstić information content (AvgIpc) is 1.88. The van der Waals surface area contributed by atoms with E-state index in [2.05, 4.69) is 21.0 Å². The van der Waals surface area contributed by atoms with Crippen LogP contribution < -0.4 is 4.74 Å². The Hall–Kier alpha value is -1.26. The third-order valence-electron chi connectivity index (χ3n) is 0.724. The van der Waals surface area contributed by atoms with Crippen LogP contribution in [0.1, 0.15) is 0 Å². The molecule has 1 radical (unpaired) electrons. The first-order valence-electron chi connectivity index (χ1n) is 2.42. The summed E-state index contributed by atoms with van der Waals surface area (Å²) in [6.07, 6.45) is 4.40. The first-order valence-corrected chi connectivity index (χ1v) is 2.42. The molecule has 1 aromatic rings. The van der Waals surface area contributed by atoms with E-state index in [0.717, 1.165) is 12.4 Å². The van der Waals surface area contributed by atoms with Crippen molar-refractivity contribution in [3.63, 3.8) is 0 Å². The Morgan fingerprint density at radius 1 is 1.40 bits per heavy atom. The van der Waals surface area contributed by atoms with Gasteiger partial charge >= 0.3 is 6.61 Å². The summed E-state index contributed by atoms with van der Waals surface area (Å²) < 4.78 is 26.8. The summed E-state index contributed by atoms with van der Waals surface area (Å²) in [6.45, 7) is -2.83. The molecule has 0 spiro atoms. The first-order chi connectivity index (χ1) is 4.79. The number of hydrogen-bond acceptors (Lipinski definition) is 3. The monoisotopic (exact) mass is 145 g/mol. The molecule has 0 aliphatic rings. The van der Waals surface area contributed by atoms with Crippen LogP contribution in [-0.2, 0) is 0 Å². The Bertz CT molecular complexity index is 192. The molecular weight excluding hydrogens is 142 g/mol. The van der Waals surface area contributed by atoms with Gasteiger partial charge in [-0.3, -0.25) is 0 Å². The number of ether oxygens (including phenoxy) is 1. The summed E-state index contributed by atoms with van der Waals surface area (Å²) in [6, 6.07) is 0. The normalized spacial score (nSPS) is 9.90. The van der Waals surface area contributed by atoms with Crippen molar-refractivity contribution in [2.75, 3.05) is 0 Å². The molecule has 0 saturated carbocycles. The molecule has 0 aromatic carbocycles. The maximum atomic E-state index is 11.4. The minimum Gasteiger partial charge on any atom is -0.432 e. The topological polar surface area (TPSA) is 35.0 Å². The second-order valence-corrected chi connectivity index (χ2v) is 1.40. The highest BCUT2D eigenvalue weighted by Crippen LogP contribution is 2.07. The van der Waals surface area contributed by atoms with Gasteiger partial charge < -0.3 is 4.74 Å². The van der Waals surface area contributed by atoms with Gasteiger partial charge in [0.25, 0.3) is 0 Å². The van der Waals surface area contributed by atoms with Crippen LogP contribution >= 0.6 is 0 Å². The van der Waals surface area contributed by atoms with Crippen molar-refractivity contribution in [1.29, 1.82) is 0 Å². The lowest BCUT2D eigenvalue weighted by atomic mass is 10.6.